The van der Waals surface area contributed by atoms with Crippen LogP contribution in [0.4, 0.5) is 0 Å². The molecule has 1 aromatic carbocycles. The summed E-state index contributed by atoms with van der Waals surface area (Å²) in [6.45, 7) is 4.09. The fourth-order valence-electron chi connectivity index (χ4n) is 3.06. The van der Waals surface area contributed by atoms with E-state index in [1.807, 2.05) is 0 Å². The molecule has 0 aliphatic carbocycles. The molecule has 1 fully saturated rings. The van der Waals surface area contributed by atoms with Crippen molar-refractivity contribution in [3.63, 3.8) is 0 Å². The summed E-state index contributed by atoms with van der Waals surface area (Å²) in [7, 11) is -2.23. The Kier molecular flexibility index (Phi) is 5.90. The van der Waals surface area contributed by atoms with Crippen LogP contribution in [0.15, 0.2) is 39.6 Å². The second-order valence-electron chi connectivity index (χ2n) is 6.31. The Labute approximate surface area is 163 Å². The maximum absolute atomic E-state index is 12.7. The highest BCUT2D eigenvalue weighted by atomic mass is 35.5. The Bertz CT molecular complexity index is 933. The summed E-state index contributed by atoms with van der Waals surface area (Å²) in [5, 5.41) is 0.393. The molecule has 1 aliphatic rings. The van der Waals surface area contributed by atoms with Gasteiger partial charge in [-0.15, -0.1) is 0 Å². The van der Waals surface area contributed by atoms with E-state index in [1.165, 1.54) is 17.5 Å². The molecule has 7 nitrogen and oxygen atoms in total. The minimum absolute atomic E-state index is 0.202. The normalized spacial score (nSPS) is 16.4. The largest absolute Gasteiger partial charge is 0.465 e. The molecule has 0 unspecified atom stereocenters. The smallest absolute Gasteiger partial charge is 0.341 e. The number of carbonyl (C=O) groups is 1. The third-order valence-electron chi connectivity index (χ3n) is 4.52. The number of carbonyl (C=O) groups excluding carboxylic acids is 1. The molecular formula is C18H21ClN2O5S. The van der Waals surface area contributed by atoms with Gasteiger partial charge in [0.2, 0.25) is 10.0 Å². The standard InChI is InChI=1S/C18H21ClN2O5S/c1-13-17(18(22)25-2)11-15(26-13)12-20-6-8-21(9-7-20)27(23,24)16-5-3-4-14(19)10-16/h3-5,10-11H,6-9,12H2,1-2H3. The van der Waals surface area contributed by atoms with Gasteiger partial charge >= 0.3 is 5.97 Å². The summed E-state index contributed by atoms with van der Waals surface area (Å²) in [4.78, 5) is 14.0. The van der Waals surface area contributed by atoms with Crippen molar-refractivity contribution >= 4 is 27.6 Å². The van der Waals surface area contributed by atoms with Crippen molar-refractivity contribution in [2.75, 3.05) is 33.3 Å². The van der Waals surface area contributed by atoms with Crippen molar-refractivity contribution in [3.8, 4) is 0 Å². The topological polar surface area (TPSA) is 80.1 Å². The molecule has 0 spiro atoms. The van der Waals surface area contributed by atoms with Gasteiger partial charge in [0, 0.05) is 31.2 Å². The van der Waals surface area contributed by atoms with Gasteiger partial charge in [0.25, 0.3) is 0 Å². The van der Waals surface area contributed by atoms with E-state index in [0.29, 0.717) is 54.8 Å². The molecule has 27 heavy (non-hydrogen) atoms. The van der Waals surface area contributed by atoms with E-state index < -0.39 is 16.0 Å². The highest BCUT2D eigenvalue weighted by molar-refractivity contribution is 7.89. The molecule has 2 heterocycles. The monoisotopic (exact) mass is 412 g/mol. The van der Waals surface area contributed by atoms with Crippen LogP contribution in [-0.4, -0.2) is 56.9 Å². The number of ether oxygens (including phenoxy) is 1. The first-order chi connectivity index (χ1) is 12.8. The van der Waals surface area contributed by atoms with Crippen molar-refractivity contribution < 1.29 is 22.4 Å². The molecule has 1 aliphatic heterocycles. The lowest BCUT2D eigenvalue weighted by Crippen LogP contribution is -2.48. The molecule has 146 valence electrons. The van der Waals surface area contributed by atoms with Crippen molar-refractivity contribution in [2.24, 2.45) is 0 Å². The maximum atomic E-state index is 12.7. The summed E-state index contributed by atoms with van der Waals surface area (Å²) in [5.74, 6) is 0.734. The highest BCUT2D eigenvalue weighted by Crippen LogP contribution is 2.22. The molecule has 1 saturated heterocycles. The number of sulfonamides is 1. The number of aryl methyl sites for hydroxylation is 1. The summed E-state index contributed by atoms with van der Waals surface area (Å²) in [5.41, 5.74) is 0.412. The Morgan fingerprint density at radius 2 is 1.93 bits per heavy atom. The number of esters is 1. The van der Waals surface area contributed by atoms with Gasteiger partial charge in [0.05, 0.1) is 18.6 Å². The number of hydrogen-bond acceptors (Lipinski definition) is 6. The molecule has 2 aromatic rings. The van der Waals surface area contributed by atoms with Gasteiger partial charge in [-0.1, -0.05) is 17.7 Å². The van der Waals surface area contributed by atoms with Crippen LogP contribution >= 0.6 is 11.6 Å². The molecular weight excluding hydrogens is 392 g/mol. The minimum atomic E-state index is -3.56. The fraction of sp³-hybridized carbons (Fsp3) is 0.389. The van der Waals surface area contributed by atoms with E-state index in [0.717, 1.165) is 0 Å². The van der Waals surface area contributed by atoms with Crippen LogP contribution in [0.2, 0.25) is 5.02 Å². The van der Waals surface area contributed by atoms with Gasteiger partial charge in [0.1, 0.15) is 17.1 Å². The van der Waals surface area contributed by atoms with E-state index in [-0.39, 0.29) is 4.90 Å². The van der Waals surface area contributed by atoms with E-state index in [9.17, 15) is 13.2 Å². The Morgan fingerprint density at radius 1 is 1.22 bits per heavy atom. The molecule has 9 heteroatoms. The average Bonchev–Trinajstić information content (AvgIpc) is 3.01. The minimum Gasteiger partial charge on any atom is -0.465 e. The molecule has 0 bridgehead atoms. The van der Waals surface area contributed by atoms with Gasteiger partial charge in [-0.3, -0.25) is 4.90 Å². The van der Waals surface area contributed by atoms with Gasteiger partial charge in [-0.05, 0) is 31.2 Å². The van der Waals surface area contributed by atoms with Crippen LogP contribution in [0.1, 0.15) is 21.9 Å². The number of furan rings is 1. The van der Waals surface area contributed by atoms with Gasteiger partial charge in [0.15, 0.2) is 0 Å². The summed E-state index contributed by atoms with van der Waals surface area (Å²) >= 11 is 5.92. The highest BCUT2D eigenvalue weighted by Gasteiger charge is 2.29. The molecule has 0 atom stereocenters. The predicted molar refractivity (Wildman–Crippen MR) is 100 cm³/mol. The van der Waals surface area contributed by atoms with Gasteiger partial charge in [-0.25, -0.2) is 13.2 Å². The zero-order valence-corrected chi connectivity index (χ0v) is 16.7. The lowest BCUT2D eigenvalue weighted by atomic mass is 10.2. The molecule has 1 aromatic heterocycles. The van der Waals surface area contributed by atoms with Crippen LogP contribution in [0, 0.1) is 6.92 Å². The molecule has 0 N–H and O–H groups in total. The van der Waals surface area contributed by atoms with E-state index in [4.69, 9.17) is 20.8 Å². The van der Waals surface area contributed by atoms with Crippen molar-refractivity contribution in [2.45, 2.75) is 18.4 Å². The maximum Gasteiger partial charge on any atom is 0.341 e. The molecule has 0 amide bonds. The predicted octanol–water partition coefficient (Wildman–Crippen LogP) is 2.53. The number of rotatable bonds is 5. The zero-order valence-electron chi connectivity index (χ0n) is 15.1. The van der Waals surface area contributed by atoms with Crippen molar-refractivity contribution in [1.82, 2.24) is 9.21 Å². The van der Waals surface area contributed by atoms with Crippen LogP contribution in [-0.2, 0) is 21.3 Å². The fourth-order valence-corrected chi connectivity index (χ4v) is 4.78. The Morgan fingerprint density at radius 3 is 2.56 bits per heavy atom. The van der Waals surface area contributed by atoms with Crippen molar-refractivity contribution in [1.29, 1.82) is 0 Å². The second kappa shape index (κ2) is 8.02. The first-order valence-corrected chi connectivity index (χ1v) is 10.3. The average molecular weight is 413 g/mol. The summed E-state index contributed by atoms with van der Waals surface area (Å²) < 4.78 is 37.3. The van der Waals surface area contributed by atoms with Crippen molar-refractivity contribution in [3.05, 3.63) is 52.4 Å². The van der Waals surface area contributed by atoms with E-state index in [1.54, 1.807) is 31.2 Å². The second-order valence-corrected chi connectivity index (χ2v) is 8.69. The number of benzene rings is 1. The van der Waals surface area contributed by atoms with Crippen LogP contribution in [0.25, 0.3) is 0 Å². The summed E-state index contributed by atoms with van der Waals surface area (Å²) in [6, 6.07) is 7.96. The first kappa shape index (κ1) is 19.9. The zero-order chi connectivity index (χ0) is 19.6. The molecule has 0 radical (unpaired) electrons. The lowest BCUT2D eigenvalue weighted by Gasteiger charge is -2.33. The SMILES string of the molecule is COC(=O)c1cc(CN2CCN(S(=O)(=O)c3cccc(Cl)c3)CC2)oc1C. The molecule has 0 saturated carbocycles. The first-order valence-electron chi connectivity index (χ1n) is 8.47. The third-order valence-corrected chi connectivity index (χ3v) is 6.65. The van der Waals surface area contributed by atoms with Crippen LogP contribution in [0.5, 0.6) is 0 Å². The van der Waals surface area contributed by atoms with Gasteiger partial charge in [-0.2, -0.15) is 4.31 Å². The number of methoxy groups -OCH3 is 1. The van der Waals surface area contributed by atoms with Crippen LogP contribution in [0.3, 0.4) is 0 Å². The number of nitrogens with zero attached hydrogens (tertiary/aromatic N) is 2. The Hall–Kier alpha value is -1.87. The number of hydrogen-bond donors (Lipinski definition) is 0. The van der Waals surface area contributed by atoms with Crippen LogP contribution < -0.4 is 0 Å². The van der Waals surface area contributed by atoms with E-state index in [2.05, 4.69) is 4.90 Å². The quantitative estimate of drug-likeness (QED) is 0.702. The number of halogens is 1. The third kappa shape index (κ3) is 4.35. The lowest BCUT2D eigenvalue weighted by molar-refractivity contribution is 0.0599. The van der Waals surface area contributed by atoms with Gasteiger partial charge < -0.3 is 9.15 Å². The Balaban J connectivity index is 1.63. The summed E-state index contributed by atoms with van der Waals surface area (Å²) in [6.07, 6.45) is 0. The number of piperazine rings is 1. The molecule has 3 rings (SSSR count). The van der Waals surface area contributed by atoms with E-state index >= 15 is 0 Å².